The van der Waals surface area contributed by atoms with Crippen molar-refractivity contribution >= 4 is 11.9 Å². The van der Waals surface area contributed by atoms with Gasteiger partial charge >= 0.3 is 6.01 Å². The van der Waals surface area contributed by atoms with E-state index in [2.05, 4.69) is 20.3 Å². The molecule has 1 fully saturated rings. The standard InChI is InChI=1S/C9H15N5O2/c1-15-9-13-7(10)12-8(14-9)11-6-2-4-16-5-3-6/h6H,2-5H2,1H3,(H3,10,11,12,13,14). The Morgan fingerprint density at radius 2 is 2.06 bits per heavy atom. The van der Waals surface area contributed by atoms with Gasteiger partial charge in [0.25, 0.3) is 0 Å². The molecule has 1 saturated heterocycles. The van der Waals surface area contributed by atoms with E-state index >= 15 is 0 Å². The summed E-state index contributed by atoms with van der Waals surface area (Å²) in [5.74, 6) is 0.609. The highest BCUT2D eigenvalue weighted by Crippen LogP contribution is 2.14. The van der Waals surface area contributed by atoms with E-state index in [0.29, 0.717) is 12.0 Å². The molecule has 88 valence electrons. The molecule has 0 spiro atoms. The summed E-state index contributed by atoms with van der Waals surface area (Å²) >= 11 is 0. The van der Waals surface area contributed by atoms with Gasteiger partial charge in [0.1, 0.15) is 0 Å². The highest BCUT2D eigenvalue weighted by atomic mass is 16.5. The second kappa shape index (κ2) is 4.93. The Morgan fingerprint density at radius 3 is 2.75 bits per heavy atom. The molecule has 1 aliphatic heterocycles. The zero-order valence-corrected chi connectivity index (χ0v) is 9.14. The molecule has 0 saturated carbocycles. The zero-order valence-electron chi connectivity index (χ0n) is 9.14. The molecule has 0 atom stereocenters. The maximum absolute atomic E-state index is 5.53. The predicted molar refractivity (Wildman–Crippen MR) is 58.3 cm³/mol. The Hall–Kier alpha value is -1.63. The third-order valence-corrected chi connectivity index (χ3v) is 2.37. The first-order valence-corrected chi connectivity index (χ1v) is 5.18. The summed E-state index contributed by atoms with van der Waals surface area (Å²) in [4.78, 5) is 11.9. The lowest BCUT2D eigenvalue weighted by molar-refractivity contribution is 0.0903. The summed E-state index contributed by atoms with van der Waals surface area (Å²) < 4.78 is 10.2. The Morgan fingerprint density at radius 1 is 1.31 bits per heavy atom. The molecule has 3 N–H and O–H groups in total. The zero-order chi connectivity index (χ0) is 11.4. The van der Waals surface area contributed by atoms with Crippen molar-refractivity contribution in [3.8, 4) is 6.01 Å². The maximum atomic E-state index is 5.53. The molecule has 1 aromatic heterocycles. The molecular formula is C9H15N5O2. The molecule has 2 rings (SSSR count). The third kappa shape index (κ3) is 2.69. The molecular weight excluding hydrogens is 210 g/mol. The van der Waals surface area contributed by atoms with Gasteiger partial charge in [0, 0.05) is 19.3 Å². The number of ether oxygens (including phenoxy) is 2. The molecule has 7 nitrogen and oxygen atoms in total. The lowest BCUT2D eigenvalue weighted by Gasteiger charge is -2.22. The van der Waals surface area contributed by atoms with Crippen LogP contribution in [0.25, 0.3) is 0 Å². The van der Waals surface area contributed by atoms with Crippen molar-refractivity contribution in [2.75, 3.05) is 31.4 Å². The van der Waals surface area contributed by atoms with Crippen molar-refractivity contribution < 1.29 is 9.47 Å². The highest BCUT2D eigenvalue weighted by molar-refractivity contribution is 5.33. The van der Waals surface area contributed by atoms with E-state index in [0.717, 1.165) is 26.1 Å². The molecule has 0 unspecified atom stereocenters. The van der Waals surface area contributed by atoms with Gasteiger partial charge in [0.15, 0.2) is 0 Å². The average molecular weight is 225 g/mol. The van der Waals surface area contributed by atoms with Crippen molar-refractivity contribution in [2.45, 2.75) is 18.9 Å². The number of anilines is 2. The Kier molecular flexibility index (Phi) is 3.35. The van der Waals surface area contributed by atoms with Crippen molar-refractivity contribution in [3.63, 3.8) is 0 Å². The summed E-state index contributed by atoms with van der Waals surface area (Å²) in [6.07, 6.45) is 1.88. The number of methoxy groups -OCH3 is 1. The first-order valence-electron chi connectivity index (χ1n) is 5.18. The monoisotopic (exact) mass is 225 g/mol. The van der Waals surface area contributed by atoms with Crippen molar-refractivity contribution in [1.82, 2.24) is 15.0 Å². The number of hydrogen-bond donors (Lipinski definition) is 2. The van der Waals surface area contributed by atoms with Crippen molar-refractivity contribution in [2.24, 2.45) is 0 Å². The van der Waals surface area contributed by atoms with Crippen LogP contribution in [0.4, 0.5) is 11.9 Å². The van der Waals surface area contributed by atoms with Gasteiger partial charge in [-0.05, 0) is 12.8 Å². The molecule has 16 heavy (non-hydrogen) atoms. The topological polar surface area (TPSA) is 95.2 Å². The molecule has 7 heteroatoms. The van der Waals surface area contributed by atoms with Crippen LogP contribution in [0.3, 0.4) is 0 Å². The molecule has 0 bridgehead atoms. The fraction of sp³-hybridized carbons (Fsp3) is 0.667. The quantitative estimate of drug-likeness (QED) is 0.750. The minimum Gasteiger partial charge on any atom is -0.467 e. The van der Waals surface area contributed by atoms with Crippen LogP contribution in [0.1, 0.15) is 12.8 Å². The molecule has 1 aromatic rings. The van der Waals surface area contributed by atoms with Crippen LogP contribution in [0.5, 0.6) is 6.01 Å². The largest absolute Gasteiger partial charge is 0.467 e. The Balaban J connectivity index is 2.04. The first kappa shape index (κ1) is 10.9. The Labute approximate surface area is 93.4 Å². The van der Waals surface area contributed by atoms with E-state index in [9.17, 15) is 0 Å². The van der Waals surface area contributed by atoms with Crippen LogP contribution < -0.4 is 15.8 Å². The van der Waals surface area contributed by atoms with E-state index in [-0.39, 0.29) is 12.0 Å². The molecule has 0 amide bonds. The van der Waals surface area contributed by atoms with Crippen LogP contribution in [-0.4, -0.2) is 41.3 Å². The number of rotatable bonds is 3. The smallest absolute Gasteiger partial charge is 0.322 e. The summed E-state index contributed by atoms with van der Waals surface area (Å²) in [6, 6.07) is 0.544. The lowest BCUT2D eigenvalue weighted by atomic mass is 10.1. The first-order chi connectivity index (χ1) is 7.78. The molecule has 2 heterocycles. The summed E-state index contributed by atoms with van der Waals surface area (Å²) in [5, 5.41) is 3.19. The third-order valence-electron chi connectivity index (χ3n) is 2.37. The fourth-order valence-corrected chi connectivity index (χ4v) is 1.55. The van der Waals surface area contributed by atoms with Gasteiger partial charge in [-0.15, -0.1) is 0 Å². The van der Waals surface area contributed by atoms with Crippen molar-refractivity contribution in [1.29, 1.82) is 0 Å². The number of nitrogens with one attached hydrogen (secondary N) is 1. The van der Waals surface area contributed by atoms with Crippen LogP contribution in [-0.2, 0) is 4.74 Å². The van der Waals surface area contributed by atoms with E-state index in [1.54, 1.807) is 0 Å². The second-order valence-corrected chi connectivity index (χ2v) is 3.53. The molecule has 0 radical (unpaired) electrons. The van der Waals surface area contributed by atoms with Gasteiger partial charge in [-0.25, -0.2) is 0 Å². The lowest BCUT2D eigenvalue weighted by Crippen LogP contribution is -2.28. The molecule has 0 aromatic carbocycles. The number of aromatic nitrogens is 3. The fourth-order valence-electron chi connectivity index (χ4n) is 1.55. The second-order valence-electron chi connectivity index (χ2n) is 3.53. The van der Waals surface area contributed by atoms with Crippen LogP contribution in [0.2, 0.25) is 0 Å². The van der Waals surface area contributed by atoms with Crippen LogP contribution >= 0.6 is 0 Å². The molecule has 0 aliphatic carbocycles. The van der Waals surface area contributed by atoms with Gasteiger partial charge in [0.2, 0.25) is 11.9 Å². The average Bonchev–Trinajstić information content (AvgIpc) is 2.29. The predicted octanol–water partition coefficient (Wildman–Crippen LogP) is 0.0533. The highest BCUT2D eigenvalue weighted by Gasteiger charge is 2.15. The summed E-state index contributed by atoms with van der Waals surface area (Å²) in [7, 11) is 1.49. The number of hydrogen-bond acceptors (Lipinski definition) is 7. The minimum absolute atomic E-state index is 0.154. The number of nitrogens with zero attached hydrogens (tertiary/aromatic N) is 3. The van der Waals surface area contributed by atoms with Gasteiger partial charge in [-0.1, -0.05) is 0 Å². The molecule has 1 aliphatic rings. The normalized spacial score (nSPS) is 17.1. The van der Waals surface area contributed by atoms with Crippen molar-refractivity contribution in [3.05, 3.63) is 0 Å². The van der Waals surface area contributed by atoms with E-state index in [1.807, 2.05) is 0 Å². The summed E-state index contributed by atoms with van der Waals surface area (Å²) in [5.41, 5.74) is 5.53. The van der Waals surface area contributed by atoms with Crippen LogP contribution in [0, 0.1) is 0 Å². The van der Waals surface area contributed by atoms with Crippen LogP contribution in [0.15, 0.2) is 0 Å². The van der Waals surface area contributed by atoms with Gasteiger partial charge in [0.05, 0.1) is 7.11 Å². The maximum Gasteiger partial charge on any atom is 0.322 e. The van der Waals surface area contributed by atoms with Gasteiger partial charge < -0.3 is 20.5 Å². The van der Waals surface area contributed by atoms with E-state index in [4.69, 9.17) is 15.2 Å². The van der Waals surface area contributed by atoms with Gasteiger partial charge in [-0.3, -0.25) is 0 Å². The summed E-state index contributed by atoms with van der Waals surface area (Å²) in [6.45, 7) is 1.52. The van der Waals surface area contributed by atoms with E-state index < -0.39 is 0 Å². The number of nitrogens with two attached hydrogens (primary N) is 1. The number of nitrogen functional groups attached to an aromatic ring is 1. The Bertz CT molecular complexity index is 354. The minimum atomic E-state index is 0.154. The van der Waals surface area contributed by atoms with Gasteiger partial charge in [-0.2, -0.15) is 15.0 Å². The van der Waals surface area contributed by atoms with E-state index in [1.165, 1.54) is 7.11 Å². The SMILES string of the molecule is COc1nc(N)nc(NC2CCOCC2)n1.